The molecule has 0 aliphatic carbocycles. The first kappa shape index (κ1) is 9.91. The number of benzene rings is 1. The number of nitrogens with one attached hydrogen (secondary N) is 1. The van der Waals surface area contributed by atoms with Crippen LogP contribution in [-0.2, 0) is 6.54 Å². The lowest BCUT2D eigenvalue weighted by Crippen LogP contribution is -2.08. The highest BCUT2D eigenvalue weighted by Crippen LogP contribution is 2.22. The smallest absolute Gasteiger partial charge is 0.274 e. The lowest BCUT2D eigenvalue weighted by molar-refractivity contribution is -0.385. The summed E-state index contributed by atoms with van der Waals surface area (Å²) in [4.78, 5) is 9.94. The SMILES string of the molecule is O=[N+]([O-])c1ccc(Cl)cc1CNO. The van der Waals surface area contributed by atoms with Gasteiger partial charge in [-0.05, 0) is 12.1 Å². The Bertz CT molecular complexity index is 330. The van der Waals surface area contributed by atoms with E-state index >= 15 is 0 Å². The standard InChI is InChI=1S/C7H7ClN2O3/c8-6-1-2-7(10(12)13)5(3-6)4-9-11/h1-3,9,11H,4H2. The number of rotatable bonds is 3. The van der Waals surface area contributed by atoms with Gasteiger partial charge in [-0.1, -0.05) is 11.6 Å². The Balaban J connectivity index is 3.10. The Kier molecular flexibility index (Phi) is 3.18. The van der Waals surface area contributed by atoms with Crippen molar-refractivity contribution in [2.24, 2.45) is 0 Å². The van der Waals surface area contributed by atoms with Crippen LogP contribution in [0, 0.1) is 10.1 Å². The second-order valence-electron chi connectivity index (χ2n) is 2.37. The van der Waals surface area contributed by atoms with Crippen molar-refractivity contribution in [3.63, 3.8) is 0 Å². The van der Waals surface area contributed by atoms with E-state index in [0.29, 0.717) is 10.6 Å². The molecule has 1 aromatic carbocycles. The molecule has 0 saturated carbocycles. The molecule has 0 aromatic heterocycles. The van der Waals surface area contributed by atoms with Crippen molar-refractivity contribution in [2.75, 3.05) is 0 Å². The van der Waals surface area contributed by atoms with E-state index in [1.165, 1.54) is 18.2 Å². The van der Waals surface area contributed by atoms with E-state index in [-0.39, 0.29) is 12.2 Å². The molecule has 1 rings (SSSR count). The fraction of sp³-hybridized carbons (Fsp3) is 0.143. The number of nitrogens with zero attached hydrogens (tertiary/aromatic N) is 1. The van der Waals surface area contributed by atoms with Crippen molar-refractivity contribution >= 4 is 17.3 Å². The van der Waals surface area contributed by atoms with Crippen molar-refractivity contribution in [3.8, 4) is 0 Å². The van der Waals surface area contributed by atoms with Crippen LogP contribution in [0.3, 0.4) is 0 Å². The first-order valence-electron chi connectivity index (χ1n) is 3.45. The maximum atomic E-state index is 10.5. The summed E-state index contributed by atoms with van der Waals surface area (Å²) in [5.74, 6) is 0. The molecule has 13 heavy (non-hydrogen) atoms. The summed E-state index contributed by atoms with van der Waals surface area (Å²) < 4.78 is 0. The van der Waals surface area contributed by atoms with E-state index in [1.807, 2.05) is 5.48 Å². The number of halogens is 1. The molecule has 2 N–H and O–H groups in total. The van der Waals surface area contributed by atoms with Crippen molar-refractivity contribution in [3.05, 3.63) is 38.9 Å². The fourth-order valence-electron chi connectivity index (χ4n) is 0.959. The minimum absolute atomic E-state index is 0.00310. The Morgan fingerprint density at radius 1 is 1.62 bits per heavy atom. The zero-order valence-corrected chi connectivity index (χ0v) is 7.28. The van der Waals surface area contributed by atoms with Gasteiger partial charge in [0.15, 0.2) is 0 Å². The van der Waals surface area contributed by atoms with Gasteiger partial charge in [-0.15, -0.1) is 0 Å². The van der Waals surface area contributed by atoms with Gasteiger partial charge in [0.1, 0.15) is 0 Å². The van der Waals surface area contributed by atoms with Gasteiger partial charge in [0.2, 0.25) is 0 Å². The largest absolute Gasteiger partial charge is 0.316 e. The Morgan fingerprint density at radius 3 is 2.85 bits per heavy atom. The van der Waals surface area contributed by atoms with Crippen LogP contribution in [0.2, 0.25) is 5.02 Å². The average molecular weight is 203 g/mol. The second-order valence-corrected chi connectivity index (χ2v) is 2.80. The summed E-state index contributed by atoms with van der Waals surface area (Å²) in [5, 5.41) is 19.3. The zero-order chi connectivity index (χ0) is 9.84. The van der Waals surface area contributed by atoms with Crippen LogP contribution < -0.4 is 5.48 Å². The molecule has 0 bridgehead atoms. The number of nitro groups is 1. The summed E-state index contributed by atoms with van der Waals surface area (Å²) in [6, 6.07) is 4.17. The molecule has 0 amide bonds. The maximum Gasteiger partial charge on any atom is 0.274 e. The molecule has 0 spiro atoms. The van der Waals surface area contributed by atoms with Crippen LogP contribution in [0.1, 0.15) is 5.56 Å². The lowest BCUT2D eigenvalue weighted by Gasteiger charge is -2.01. The van der Waals surface area contributed by atoms with Crippen molar-refractivity contribution in [2.45, 2.75) is 6.54 Å². The highest BCUT2D eigenvalue weighted by molar-refractivity contribution is 6.30. The van der Waals surface area contributed by atoms with Gasteiger partial charge in [0, 0.05) is 16.7 Å². The molecule has 0 fully saturated rings. The van der Waals surface area contributed by atoms with Gasteiger partial charge < -0.3 is 5.21 Å². The fourth-order valence-corrected chi connectivity index (χ4v) is 1.15. The molecule has 1 aromatic rings. The van der Waals surface area contributed by atoms with Crippen LogP contribution >= 0.6 is 11.6 Å². The zero-order valence-electron chi connectivity index (χ0n) is 6.53. The van der Waals surface area contributed by atoms with Crippen LogP contribution in [0.15, 0.2) is 18.2 Å². The molecular weight excluding hydrogens is 196 g/mol. The molecular formula is C7H7ClN2O3. The predicted octanol–water partition coefficient (Wildman–Crippen LogP) is 1.73. The van der Waals surface area contributed by atoms with Gasteiger partial charge in [-0.25, -0.2) is 5.48 Å². The third kappa shape index (κ3) is 2.38. The van der Waals surface area contributed by atoms with Gasteiger partial charge in [-0.2, -0.15) is 0 Å². The number of hydrogen-bond acceptors (Lipinski definition) is 4. The van der Waals surface area contributed by atoms with E-state index in [0.717, 1.165) is 0 Å². The summed E-state index contributed by atoms with van der Waals surface area (Å²) in [6.45, 7) is -0.00310. The van der Waals surface area contributed by atoms with E-state index in [9.17, 15) is 10.1 Å². The Hall–Kier alpha value is -1.17. The van der Waals surface area contributed by atoms with Crippen LogP contribution in [0.4, 0.5) is 5.69 Å². The molecule has 0 heterocycles. The van der Waals surface area contributed by atoms with Gasteiger partial charge >= 0.3 is 0 Å². The molecule has 0 unspecified atom stereocenters. The minimum Gasteiger partial charge on any atom is -0.316 e. The van der Waals surface area contributed by atoms with E-state index < -0.39 is 4.92 Å². The lowest BCUT2D eigenvalue weighted by atomic mass is 10.2. The van der Waals surface area contributed by atoms with Gasteiger partial charge in [0.25, 0.3) is 5.69 Å². The second kappa shape index (κ2) is 4.18. The molecule has 0 atom stereocenters. The van der Waals surface area contributed by atoms with E-state index in [1.54, 1.807) is 0 Å². The molecule has 0 radical (unpaired) electrons. The van der Waals surface area contributed by atoms with E-state index in [4.69, 9.17) is 16.8 Å². The third-order valence-electron chi connectivity index (χ3n) is 1.51. The summed E-state index contributed by atoms with van der Waals surface area (Å²) in [7, 11) is 0. The molecule has 70 valence electrons. The van der Waals surface area contributed by atoms with Crippen LogP contribution in [-0.4, -0.2) is 10.1 Å². The van der Waals surface area contributed by atoms with Crippen molar-refractivity contribution in [1.29, 1.82) is 0 Å². The van der Waals surface area contributed by atoms with Crippen molar-refractivity contribution in [1.82, 2.24) is 5.48 Å². The number of nitro benzene ring substituents is 1. The Morgan fingerprint density at radius 2 is 2.31 bits per heavy atom. The number of hydrogen-bond donors (Lipinski definition) is 2. The Labute approximate surface area is 79.1 Å². The molecule has 0 saturated heterocycles. The predicted molar refractivity (Wildman–Crippen MR) is 46.7 cm³/mol. The highest BCUT2D eigenvalue weighted by atomic mass is 35.5. The summed E-state index contributed by atoms with van der Waals surface area (Å²) >= 11 is 5.63. The van der Waals surface area contributed by atoms with Crippen LogP contribution in [0.25, 0.3) is 0 Å². The average Bonchev–Trinajstić information content (AvgIpc) is 2.04. The monoisotopic (exact) mass is 202 g/mol. The van der Waals surface area contributed by atoms with Crippen molar-refractivity contribution < 1.29 is 10.1 Å². The van der Waals surface area contributed by atoms with Gasteiger partial charge in [0.05, 0.1) is 11.5 Å². The first-order chi connectivity index (χ1) is 6.15. The third-order valence-corrected chi connectivity index (χ3v) is 1.74. The van der Waals surface area contributed by atoms with Crippen LogP contribution in [0.5, 0.6) is 0 Å². The molecule has 5 nitrogen and oxygen atoms in total. The quantitative estimate of drug-likeness (QED) is 0.578. The number of hydroxylamine groups is 1. The molecule has 0 aliphatic rings. The topological polar surface area (TPSA) is 75.4 Å². The minimum atomic E-state index is -0.525. The van der Waals surface area contributed by atoms with E-state index in [2.05, 4.69) is 0 Å². The maximum absolute atomic E-state index is 10.5. The summed E-state index contributed by atoms with van der Waals surface area (Å²) in [6.07, 6.45) is 0. The first-order valence-corrected chi connectivity index (χ1v) is 3.82. The highest BCUT2D eigenvalue weighted by Gasteiger charge is 2.12. The molecule has 0 aliphatic heterocycles. The molecule has 6 heteroatoms. The van der Waals surface area contributed by atoms with Gasteiger partial charge in [-0.3, -0.25) is 10.1 Å². The summed E-state index contributed by atoms with van der Waals surface area (Å²) in [5.41, 5.74) is 2.13. The normalized spacial score (nSPS) is 10.0.